The largest absolute Gasteiger partial charge is 0.359 e. The number of nitrogens with zero attached hydrogens (tertiary/aromatic N) is 7. The van der Waals surface area contributed by atoms with Gasteiger partial charge >= 0.3 is 5.69 Å². The summed E-state index contributed by atoms with van der Waals surface area (Å²) in [4.78, 5) is 39.7. The number of piperazine rings is 1. The van der Waals surface area contributed by atoms with E-state index in [1.54, 1.807) is 0 Å². The molecule has 2 saturated heterocycles. The Balaban J connectivity index is 1.35. The number of aromatic nitrogens is 2. The van der Waals surface area contributed by atoms with Gasteiger partial charge in [0.1, 0.15) is 5.82 Å². The van der Waals surface area contributed by atoms with Crippen LogP contribution in [0.4, 0.5) is 15.9 Å². The number of amides is 1. The minimum atomic E-state index is -1.04. The fourth-order valence-electron chi connectivity index (χ4n) is 8.22. The van der Waals surface area contributed by atoms with Crippen LogP contribution < -0.4 is 15.5 Å². The van der Waals surface area contributed by atoms with Crippen molar-refractivity contribution >= 4 is 39.8 Å². The van der Waals surface area contributed by atoms with Crippen LogP contribution >= 0.6 is 11.6 Å². The molecule has 4 aliphatic rings. The Bertz CT molecular complexity index is 1810. The van der Waals surface area contributed by atoms with Crippen molar-refractivity contribution in [3.63, 3.8) is 0 Å². The second kappa shape index (κ2) is 12.0. The average molecular weight is 644 g/mol. The van der Waals surface area contributed by atoms with Crippen molar-refractivity contribution in [2.75, 3.05) is 43.0 Å². The highest BCUT2D eigenvalue weighted by Gasteiger charge is 2.48. The Morgan fingerprint density at radius 1 is 1.15 bits per heavy atom. The van der Waals surface area contributed by atoms with Crippen molar-refractivity contribution in [3.05, 3.63) is 75.6 Å². The number of benzene rings is 2. The van der Waals surface area contributed by atoms with Gasteiger partial charge < -0.3 is 19.6 Å². The minimum absolute atomic E-state index is 0.0440. The van der Waals surface area contributed by atoms with E-state index in [1.807, 2.05) is 21.6 Å². The summed E-state index contributed by atoms with van der Waals surface area (Å²) < 4.78 is 15.8. The van der Waals surface area contributed by atoms with Gasteiger partial charge in [0, 0.05) is 66.5 Å². The number of carbonyl (C=O) groups is 1. The number of hydrogen-bond donors (Lipinski definition) is 0. The van der Waals surface area contributed by atoms with Gasteiger partial charge in [0.25, 0.3) is 5.91 Å². The van der Waals surface area contributed by atoms with E-state index >= 15 is 0 Å². The van der Waals surface area contributed by atoms with E-state index in [0.29, 0.717) is 30.5 Å². The first-order chi connectivity index (χ1) is 22.2. The quantitative estimate of drug-likeness (QED) is 0.348. The standard InChI is InChI=1S/C35H39ClFN7O2/c1-23(37)33(45)42-18-17-41(20-26(42)12-15-38)32-27-19-35(13-6-14-35)44(29-11-4-8-24-7-3-10-28(36)31(24)29)22-30(27)43(34(46)39-32)21-25-9-5-16-40(25)2/h3-4,7-8,10-11,25-26H,1,5-6,9,12-14,16-22H2,2H3/t25-,26-/m0/s1. The SMILES string of the molecule is C=C(F)C(=O)N1CCN(c2nc(=O)n(C[C@@H]3CCCN3C)c3c2CC2(CCC2)N(c2cccc4cccc(Cl)c24)C3)C[C@@H]1CC#N. The minimum Gasteiger partial charge on any atom is -0.359 e. The predicted molar refractivity (Wildman–Crippen MR) is 178 cm³/mol. The zero-order valence-electron chi connectivity index (χ0n) is 26.2. The summed E-state index contributed by atoms with van der Waals surface area (Å²) in [6, 6.07) is 14.2. The highest BCUT2D eigenvalue weighted by atomic mass is 35.5. The molecule has 240 valence electrons. The molecular formula is C35H39ClFN7O2. The maximum atomic E-state index is 14.1. The topological polar surface area (TPSA) is 88.7 Å². The Kier molecular flexibility index (Phi) is 8.02. The molecule has 3 aliphatic heterocycles. The molecule has 1 saturated carbocycles. The fraction of sp³-hybridized carbons (Fsp3) is 0.486. The number of halogens is 2. The van der Waals surface area contributed by atoms with Crippen molar-refractivity contribution in [2.45, 2.75) is 75.7 Å². The lowest BCUT2D eigenvalue weighted by Gasteiger charge is -2.55. The van der Waals surface area contributed by atoms with Crippen molar-refractivity contribution < 1.29 is 9.18 Å². The Morgan fingerprint density at radius 2 is 1.93 bits per heavy atom. The van der Waals surface area contributed by atoms with Crippen LogP contribution in [0.25, 0.3) is 10.8 Å². The van der Waals surface area contributed by atoms with Crippen LogP contribution in [-0.2, 0) is 24.3 Å². The van der Waals surface area contributed by atoms with Crippen molar-refractivity contribution in [2.24, 2.45) is 0 Å². The number of likely N-dealkylation sites (tertiary alicyclic amines) is 1. The molecule has 7 rings (SSSR count). The molecule has 2 atom stereocenters. The number of likely N-dealkylation sites (N-methyl/N-ethyl adjacent to an activating group) is 1. The summed E-state index contributed by atoms with van der Waals surface area (Å²) in [5, 5.41) is 12.4. The van der Waals surface area contributed by atoms with Gasteiger partial charge in [0.2, 0.25) is 0 Å². The molecule has 46 heavy (non-hydrogen) atoms. The zero-order chi connectivity index (χ0) is 32.2. The molecule has 1 aromatic heterocycles. The molecule has 11 heteroatoms. The Labute approximate surface area is 273 Å². The second-order valence-electron chi connectivity index (χ2n) is 13.4. The van der Waals surface area contributed by atoms with Gasteiger partial charge in [-0.15, -0.1) is 0 Å². The highest BCUT2D eigenvalue weighted by molar-refractivity contribution is 6.36. The van der Waals surface area contributed by atoms with Crippen LogP contribution in [0, 0.1) is 11.3 Å². The van der Waals surface area contributed by atoms with Crippen LogP contribution in [0.3, 0.4) is 0 Å². The zero-order valence-corrected chi connectivity index (χ0v) is 27.0. The van der Waals surface area contributed by atoms with E-state index < -0.39 is 17.8 Å². The third-order valence-electron chi connectivity index (χ3n) is 10.8. The van der Waals surface area contributed by atoms with Crippen LogP contribution in [0.1, 0.15) is 49.8 Å². The fourth-order valence-corrected chi connectivity index (χ4v) is 8.50. The van der Waals surface area contributed by atoms with Crippen LogP contribution in [-0.4, -0.2) is 76.1 Å². The summed E-state index contributed by atoms with van der Waals surface area (Å²) in [6.07, 6.45) is 6.01. The van der Waals surface area contributed by atoms with E-state index in [9.17, 15) is 19.2 Å². The molecule has 9 nitrogen and oxygen atoms in total. The van der Waals surface area contributed by atoms with Crippen molar-refractivity contribution in [1.82, 2.24) is 19.4 Å². The first kappa shape index (κ1) is 30.7. The van der Waals surface area contributed by atoms with E-state index in [2.05, 4.69) is 53.8 Å². The molecule has 1 spiro atoms. The van der Waals surface area contributed by atoms with Crippen LogP contribution in [0.5, 0.6) is 0 Å². The molecule has 0 radical (unpaired) electrons. The third-order valence-corrected chi connectivity index (χ3v) is 11.2. The van der Waals surface area contributed by atoms with E-state index in [0.717, 1.165) is 72.8 Å². The lowest BCUT2D eigenvalue weighted by molar-refractivity contribution is -0.131. The maximum absolute atomic E-state index is 14.1. The summed E-state index contributed by atoms with van der Waals surface area (Å²) >= 11 is 6.86. The first-order valence-electron chi connectivity index (χ1n) is 16.3. The van der Waals surface area contributed by atoms with Crippen LogP contribution in [0.2, 0.25) is 5.02 Å². The van der Waals surface area contributed by atoms with Gasteiger partial charge in [-0.3, -0.25) is 9.36 Å². The monoisotopic (exact) mass is 643 g/mol. The molecule has 1 amide bonds. The van der Waals surface area contributed by atoms with Crippen molar-refractivity contribution in [3.8, 4) is 6.07 Å². The molecule has 4 heterocycles. The molecule has 3 aromatic rings. The average Bonchev–Trinajstić information content (AvgIpc) is 3.44. The molecule has 2 aromatic carbocycles. The Morgan fingerprint density at radius 3 is 2.61 bits per heavy atom. The number of rotatable bonds is 6. The number of hydrogen-bond acceptors (Lipinski definition) is 7. The number of nitriles is 1. The number of carbonyl (C=O) groups excluding carboxylic acids is 1. The second-order valence-corrected chi connectivity index (χ2v) is 13.8. The van der Waals surface area contributed by atoms with E-state index in [4.69, 9.17) is 16.6 Å². The van der Waals surface area contributed by atoms with Gasteiger partial charge in [-0.25, -0.2) is 9.18 Å². The molecule has 0 unspecified atom stereocenters. The lowest BCUT2D eigenvalue weighted by Crippen LogP contribution is -2.60. The predicted octanol–water partition coefficient (Wildman–Crippen LogP) is 5.04. The summed E-state index contributed by atoms with van der Waals surface area (Å²) in [5.41, 5.74) is 2.66. The van der Waals surface area contributed by atoms with Gasteiger partial charge in [-0.05, 0) is 63.2 Å². The molecule has 0 bridgehead atoms. The van der Waals surface area contributed by atoms with Crippen LogP contribution in [0.15, 0.2) is 53.6 Å². The highest BCUT2D eigenvalue weighted by Crippen LogP contribution is 2.50. The maximum Gasteiger partial charge on any atom is 0.349 e. The number of anilines is 2. The third kappa shape index (κ3) is 5.14. The summed E-state index contributed by atoms with van der Waals surface area (Å²) in [5.74, 6) is -1.19. The molecule has 1 aliphatic carbocycles. The van der Waals surface area contributed by atoms with Gasteiger partial charge in [-0.1, -0.05) is 42.4 Å². The van der Waals surface area contributed by atoms with Gasteiger partial charge in [0.15, 0.2) is 5.83 Å². The normalized spacial score (nSPS) is 22.5. The van der Waals surface area contributed by atoms with Gasteiger partial charge in [0.05, 0.1) is 30.1 Å². The molecule has 0 N–H and O–H groups in total. The van der Waals surface area contributed by atoms with E-state index in [1.165, 1.54) is 4.90 Å². The lowest BCUT2D eigenvalue weighted by atomic mass is 9.68. The number of fused-ring (bicyclic) bond motifs is 2. The van der Waals surface area contributed by atoms with E-state index in [-0.39, 0.29) is 36.8 Å². The molecular weight excluding hydrogens is 605 g/mol. The smallest absolute Gasteiger partial charge is 0.349 e. The van der Waals surface area contributed by atoms with Crippen molar-refractivity contribution in [1.29, 1.82) is 5.26 Å². The Hall–Kier alpha value is -3.94. The summed E-state index contributed by atoms with van der Waals surface area (Å²) in [7, 11) is 2.12. The summed E-state index contributed by atoms with van der Waals surface area (Å²) in [6.45, 7) is 6.19. The first-order valence-corrected chi connectivity index (χ1v) is 16.6. The molecule has 3 fully saturated rings. The van der Waals surface area contributed by atoms with Gasteiger partial charge in [-0.2, -0.15) is 10.2 Å².